The van der Waals surface area contributed by atoms with Gasteiger partial charge in [-0.25, -0.2) is 9.59 Å². The van der Waals surface area contributed by atoms with Crippen molar-refractivity contribution in [3.8, 4) is 11.5 Å². The average molecular weight is 1220 g/mol. The van der Waals surface area contributed by atoms with E-state index in [-0.39, 0.29) is 49.0 Å². The number of rotatable bonds is 11. The summed E-state index contributed by atoms with van der Waals surface area (Å²) in [5.74, 6) is 2.72. The first-order valence-corrected chi connectivity index (χ1v) is 31.7. The number of likely N-dealkylation sites (tertiary alicyclic amines) is 2. The summed E-state index contributed by atoms with van der Waals surface area (Å²) >= 11 is 2.29. The Balaban J connectivity index is 0.000000154. The van der Waals surface area contributed by atoms with E-state index in [0.29, 0.717) is 45.1 Å². The molecule has 0 unspecified atom stereocenters. The predicted molar refractivity (Wildman–Crippen MR) is 320 cm³/mol. The van der Waals surface area contributed by atoms with E-state index in [1.807, 2.05) is 60.4 Å². The first-order valence-electron chi connectivity index (χ1n) is 30.2. The predicted octanol–water partition coefficient (Wildman–Crippen LogP) is 9.55. The van der Waals surface area contributed by atoms with Gasteiger partial charge in [-0.3, -0.25) is 29.2 Å². The number of benzene rings is 4. The number of carbonyl (C=O) groups is 4. The smallest absolute Gasteiger partial charge is 0.327 e. The van der Waals surface area contributed by atoms with E-state index in [0.717, 1.165) is 86.3 Å². The minimum Gasteiger partial charge on any atom is -0.497 e. The molecule has 4 aromatic rings. The Bertz CT molecular complexity index is 3100. The molecule has 0 radical (unpaired) electrons. The molecule has 4 saturated heterocycles. The number of urea groups is 2. The van der Waals surface area contributed by atoms with Crippen molar-refractivity contribution in [2.75, 3.05) is 51.4 Å². The van der Waals surface area contributed by atoms with E-state index in [2.05, 4.69) is 94.9 Å². The second kappa shape index (κ2) is 21.2. The normalized spacial score (nSPS) is 32.7. The van der Waals surface area contributed by atoms with Gasteiger partial charge in [0.1, 0.15) is 22.6 Å². The second-order valence-electron chi connectivity index (χ2n) is 25.8. The van der Waals surface area contributed by atoms with Crippen molar-refractivity contribution < 1.29 is 38.9 Å². The molecule has 8 atom stereocenters. The monoisotopic (exact) mass is 1210 g/mol. The van der Waals surface area contributed by atoms with Crippen LogP contribution in [0.3, 0.4) is 0 Å². The number of carbonyl (C=O) groups excluding carboxylic acids is 4. The highest BCUT2D eigenvalue weighted by Gasteiger charge is 2.73. The zero-order chi connectivity index (χ0) is 56.9. The topological polar surface area (TPSA) is 155 Å². The van der Waals surface area contributed by atoms with Gasteiger partial charge in [-0.1, -0.05) is 101 Å². The number of nitrogens with zero attached hydrogens (tertiary/aromatic N) is 5. The third kappa shape index (κ3) is 9.22. The molecule has 14 rings (SSSR count). The van der Waals surface area contributed by atoms with Gasteiger partial charge in [0.05, 0.1) is 38.5 Å². The average Bonchev–Trinajstić information content (AvgIpc) is 4.03. The van der Waals surface area contributed by atoms with Gasteiger partial charge >= 0.3 is 12.1 Å². The van der Waals surface area contributed by atoms with Crippen LogP contribution < -0.4 is 14.8 Å². The summed E-state index contributed by atoms with van der Waals surface area (Å²) in [5.41, 5.74) is 4.22. The summed E-state index contributed by atoms with van der Waals surface area (Å²) < 4.78 is 11.8. The number of alkyl halides is 1. The third-order valence-corrected chi connectivity index (χ3v) is 21.3. The SMILES string of the molecule is CCI.CCN1C(=O)N(Cc2ccc(OC)cc2)C(=O)[C@@]12CC[C@@]1(O)[C@H]3Cc4ccc(C)cc4[C@@]1(CCN3CC1CC1)C2.COc1ccc(CN2C(=O)N[C@]3(CC[C@@]4(O)[C@H]5Cc6ccc(C)cc6[C@@]4(CCN5CC4CC4)C3)C2=O)cc1. The molecule has 10 aliphatic rings. The van der Waals surface area contributed by atoms with Gasteiger partial charge < -0.3 is 29.9 Å². The van der Waals surface area contributed by atoms with Gasteiger partial charge in [-0.2, -0.15) is 0 Å². The Kier molecular flexibility index (Phi) is 14.8. The second-order valence-corrected chi connectivity index (χ2v) is 27.3. The lowest BCUT2D eigenvalue weighted by Crippen LogP contribution is -2.76. The Labute approximate surface area is 492 Å². The molecule has 8 fully saturated rings. The summed E-state index contributed by atoms with van der Waals surface area (Å²) in [6.07, 6.45) is 11.4. The maximum Gasteiger partial charge on any atom is 0.327 e. The molecule has 4 heterocycles. The van der Waals surface area contributed by atoms with Crippen LogP contribution in [0.25, 0.3) is 0 Å². The summed E-state index contributed by atoms with van der Waals surface area (Å²) in [7, 11) is 3.24. The lowest BCUT2D eigenvalue weighted by molar-refractivity contribution is -0.188. The Morgan fingerprint density at radius 2 is 1.07 bits per heavy atom. The molecule has 4 bridgehead atoms. The summed E-state index contributed by atoms with van der Waals surface area (Å²) in [5, 5.41) is 28.6. The van der Waals surface area contributed by atoms with Crippen molar-refractivity contribution in [3.05, 3.63) is 129 Å². The Morgan fingerprint density at radius 3 is 1.54 bits per heavy atom. The molecule has 4 aromatic carbocycles. The molecular weight excluding hydrogens is 1130 g/mol. The fraction of sp³-hybridized carbons (Fsp3) is 0.576. The van der Waals surface area contributed by atoms with E-state index in [9.17, 15) is 29.4 Å². The van der Waals surface area contributed by atoms with Crippen LogP contribution in [0.1, 0.15) is 135 Å². The minimum atomic E-state index is -0.989. The maximum atomic E-state index is 14.5. The molecule has 4 saturated carbocycles. The van der Waals surface area contributed by atoms with Gasteiger partial charge in [0.15, 0.2) is 0 Å². The number of aliphatic hydroxyl groups is 2. The molecule has 4 aliphatic heterocycles. The number of hydrogen-bond donors (Lipinski definition) is 3. The highest BCUT2D eigenvalue weighted by atomic mass is 127. The number of likely N-dealkylation sites (N-methyl/N-ethyl adjacent to an activating group) is 1. The molecule has 2 spiro atoms. The number of imide groups is 2. The molecule has 15 heteroatoms. The van der Waals surface area contributed by atoms with Gasteiger partial charge in [-0.05, 0) is 198 Å². The van der Waals surface area contributed by atoms with Crippen molar-refractivity contribution in [2.24, 2.45) is 11.8 Å². The van der Waals surface area contributed by atoms with Crippen LogP contribution in [0.5, 0.6) is 11.5 Å². The zero-order valence-electron chi connectivity index (χ0n) is 48.4. The molecule has 6 amide bonds. The van der Waals surface area contributed by atoms with Crippen molar-refractivity contribution in [1.29, 1.82) is 0 Å². The largest absolute Gasteiger partial charge is 0.497 e. The van der Waals surface area contributed by atoms with Crippen molar-refractivity contribution in [2.45, 2.75) is 176 Å². The highest BCUT2D eigenvalue weighted by molar-refractivity contribution is 14.1. The van der Waals surface area contributed by atoms with E-state index in [4.69, 9.17) is 9.47 Å². The van der Waals surface area contributed by atoms with Gasteiger partial charge in [0.2, 0.25) is 0 Å². The molecule has 81 heavy (non-hydrogen) atoms. The quantitative estimate of drug-likeness (QED) is 0.0752. The van der Waals surface area contributed by atoms with Crippen LogP contribution in [0.15, 0.2) is 84.9 Å². The lowest BCUT2D eigenvalue weighted by Gasteiger charge is -2.66. The number of amides is 6. The number of aryl methyl sites for hydroxylation is 2. The van der Waals surface area contributed by atoms with Gasteiger partial charge in [-0.15, -0.1) is 0 Å². The maximum absolute atomic E-state index is 14.5. The molecule has 432 valence electrons. The van der Waals surface area contributed by atoms with E-state index in [1.165, 1.54) is 73.3 Å². The molecular formula is C66H83IN6O8. The van der Waals surface area contributed by atoms with E-state index in [1.54, 1.807) is 14.2 Å². The standard InChI is InChI=1S/C33H41N3O4.C31H37N3O4.C2H5I/c1-4-36-30(38)35(20-24-8-11-26(40-3)12-9-24)29(37)32(36)13-14-33(39)28-18-25-10-5-22(2)17-27(25)31(33,21-32)15-16-34(28)19-23-6-7-23;1-20-3-8-23-16-26-31(37)12-11-30(19-29(31,25(23)15-20)13-14-33(26)17-21-4-5-21)27(35)34(28(36)32-30)18-22-6-9-24(38-2)10-7-22;1-2-3/h5,8-12,17,23,28,39H,4,6-7,13-16,18-21H2,1-3H3;3,6-10,15,21,26,37H,4-5,11-14,16-19H2,1-2H3,(H,32,36);2H2,1H3/t28-,31-,32+,33-;26-,29-,30+,31-;/m11./s1. The van der Waals surface area contributed by atoms with Crippen LogP contribution in [-0.2, 0) is 46.4 Å². The Hall–Kier alpha value is -5.07. The fourth-order valence-corrected chi connectivity index (χ4v) is 16.9. The number of methoxy groups -OCH3 is 2. The first kappa shape index (κ1) is 56.4. The van der Waals surface area contributed by atoms with Crippen molar-refractivity contribution in [3.63, 3.8) is 0 Å². The number of ether oxygens (including phenoxy) is 2. The first-order chi connectivity index (χ1) is 38.9. The number of halogens is 1. The Morgan fingerprint density at radius 1 is 0.605 bits per heavy atom. The van der Waals surface area contributed by atoms with E-state index >= 15 is 0 Å². The molecule has 14 nitrogen and oxygen atoms in total. The molecule has 6 aliphatic carbocycles. The summed E-state index contributed by atoms with van der Waals surface area (Å²) in [6.45, 7) is 13.2. The van der Waals surface area contributed by atoms with Crippen LogP contribution in [-0.4, -0.2) is 144 Å². The third-order valence-electron chi connectivity index (χ3n) is 21.3. The number of piperidine rings is 2. The van der Waals surface area contributed by atoms with Crippen LogP contribution in [0.2, 0.25) is 0 Å². The van der Waals surface area contributed by atoms with Crippen LogP contribution >= 0.6 is 22.6 Å². The van der Waals surface area contributed by atoms with Crippen molar-refractivity contribution >= 4 is 46.5 Å². The van der Waals surface area contributed by atoms with E-state index < -0.39 is 33.1 Å². The number of nitrogens with one attached hydrogen (secondary N) is 1. The number of fused-ring (bicyclic) bond motifs is 2. The number of hydrogen-bond acceptors (Lipinski definition) is 10. The fourth-order valence-electron chi connectivity index (χ4n) is 16.9. The van der Waals surface area contributed by atoms with Crippen LogP contribution in [0.4, 0.5) is 9.59 Å². The van der Waals surface area contributed by atoms with Crippen LogP contribution in [0, 0.1) is 25.7 Å². The molecule has 3 N–H and O–H groups in total. The zero-order valence-corrected chi connectivity index (χ0v) is 50.6. The molecule has 0 aromatic heterocycles. The van der Waals surface area contributed by atoms with Gasteiger partial charge in [0, 0.05) is 42.5 Å². The lowest BCUT2D eigenvalue weighted by atomic mass is 9.46. The summed E-state index contributed by atoms with van der Waals surface area (Å²) in [4.78, 5) is 65.4. The highest BCUT2D eigenvalue weighted by Crippen LogP contribution is 2.64. The van der Waals surface area contributed by atoms with Gasteiger partial charge in [0.25, 0.3) is 11.8 Å². The van der Waals surface area contributed by atoms with Crippen molar-refractivity contribution in [1.82, 2.24) is 29.8 Å². The minimum absolute atomic E-state index is 0.0482. The summed E-state index contributed by atoms with van der Waals surface area (Å²) in [6, 6.07) is 27.9.